The summed E-state index contributed by atoms with van der Waals surface area (Å²) >= 11 is 0. The van der Waals surface area contributed by atoms with Crippen LogP contribution in [0, 0.1) is 5.82 Å². The summed E-state index contributed by atoms with van der Waals surface area (Å²) in [6, 6.07) is 5.01. The number of hydrogen-bond donors (Lipinski definition) is 2. The average molecular weight is 395 g/mol. The van der Waals surface area contributed by atoms with Crippen LogP contribution in [-0.2, 0) is 29.4 Å². The minimum atomic E-state index is -3.94. The quantitative estimate of drug-likeness (QED) is 0.790. The highest BCUT2D eigenvalue weighted by Crippen LogP contribution is 2.27. The fraction of sp³-hybridized carbons (Fsp3) is 0.500. The van der Waals surface area contributed by atoms with E-state index in [0.717, 1.165) is 36.0 Å². The Hall–Kier alpha value is -1.81. The van der Waals surface area contributed by atoms with Crippen LogP contribution in [0.4, 0.5) is 4.39 Å². The van der Waals surface area contributed by atoms with Gasteiger partial charge in [0.15, 0.2) is 0 Å². The maximum absolute atomic E-state index is 13.9. The number of halogens is 1. The molecule has 2 heterocycles. The minimum absolute atomic E-state index is 0.312. The molecule has 0 spiro atoms. The molecule has 146 valence electrons. The largest absolute Gasteiger partial charge is 0.392 e. The normalized spacial score (nSPS) is 23.5. The number of aromatic nitrogens is 1. The van der Waals surface area contributed by atoms with Crippen LogP contribution in [-0.4, -0.2) is 48.8 Å². The fourth-order valence-electron chi connectivity index (χ4n) is 3.80. The fourth-order valence-corrected chi connectivity index (χ4v) is 5.15. The molecule has 0 radical (unpaired) electrons. The Morgan fingerprint density at radius 2 is 2.15 bits per heavy atom. The van der Waals surface area contributed by atoms with Crippen molar-refractivity contribution in [2.45, 2.75) is 49.3 Å². The summed E-state index contributed by atoms with van der Waals surface area (Å²) in [5.74, 6) is 0.0193. The number of rotatable bonds is 5. The molecule has 1 aromatic heterocycles. The number of β-amino-alcohol motifs (C(OH)–C–C–N with tert-alkyl or cyclic N) is 1. The van der Waals surface area contributed by atoms with E-state index in [4.69, 9.17) is 4.52 Å². The van der Waals surface area contributed by atoms with E-state index < -0.39 is 15.8 Å². The van der Waals surface area contributed by atoms with Crippen LogP contribution < -0.4 is 4.72 Å². The molecule has 1 saturated heterocycles. The van der Waals surface area contributed by atoms with Gasteiger partial charge in [0, 0.05) is 37.7 Å². The molecule has 0 saturated carbocycles. The minimum Gasteiger partial charge on any atom is -0.392 e. The first-order valence-electron chi connectivity index (χ1n) is 9.06. The van der Waals surface area contributed by atoms with Crippen LogP contribution in [0.25, 0.3) is 0 Å². The van der Waals surface area contributed by atoms with Gasteiger partial charge in [0.1, 0.15) is 22.2 Å². The predicted octanol–water partition coefficient (Wildman–Crippen LogP) is 1.22. The lowest BCUT2D eigenvalue weighted by atomic mass is 9.92. The van der Waals surface area contributed by atoms with Crippen molar-refractivity contribution in [2.75, 3.05) is 13.1 Å². The first-order valence-corrected chi connectivity index (χ1v) is 10.5. The Kier molecular flexibility index (Phi) is 5.02. The molecule has 0 bridgehead atoms. The monoisotopic (exact) mass is 395 g/mol. The van der Waals surface area contributed by atoms with E-state index in [0.29, 0.717) is 32.4 Å². The van der Waals surface area contributed by atoms with E-state index in [9.17, 15) is 17.9 Å². The molecule has 2 N–H and O–H groups in total. The van der Waals surface area contributed by atoms with Crippen LogP contribution in [0.2, 0.25) is 0 Å². The molecular weight excluding hydrogens is 373 g/mol. The van der Waals surface area contributed by atoms with Gasteiger partial charge in [0.05, 0.1) is 6.10 Å². The molecule has 2 atom stereocenters. The Bertz CT molecular complexity index is 930. The molecule has 0 amide bonds. The number of likely N-dealkylation sites (tertiary alicyclic amines) is 1. The van der Waals surface area contributed by atoms with Crippen LogP contribution >= 0.6 is 0 Å². The molecule has 9 heteroatoms. The second-order valence-electron chi connectivity index (χ2n) is 7.20. The molecular formula is C18H22FN3O4S. The lowest BCUT2D eigenvalue weighted by Gasteiger charge is -2.23. The van der Waals surface area contributed by atoms with Gasteiger partial charge in [-0.3, -0.25) is 4.90 Å². The molecule has 1 aromatic carbocycles. The molecule has 1 aliphatic carbocycles. The maximum Gasteiger partial charge on any atom is 0.243 e. The number of sulfonamides is 1. The van der Waals surface area contributed by atoms with Gasteiger partial charge in [-0.05, 0) is 31.4 Å². The zero-order valence-corrected chi connectivity index (χ0v) is 15.6. The Morgan fingerprint density at radius 3 is 2.89 bits per heavy atom. The number of aliphatic hydroxyl groups is 1. The summed E-state index contributed by atoms with van der Waals surface area (Å²) < 4.78 is 47.0. The molecule has 4 rings (SSSR count). The average Bonchev–Trinajstić information content (AvgIpc) is 3.21. The van der Waals surface area contributed by atoms with Crippen LogP contribution in [0.1, 0.15) is 29.9 Å². The predicted molar refractivity (Wildman–Crippen MR) is 94.9 cm³/mol. The molecule has 1 unspecified atom stereocenters. The lowest BCUT2D eigenvalue weighted by Crippen LogP contribution is -2.39. The van der Waals surface area contributed by atoms with E-state index in [1.54, 1.807) is 0 Å². The number of hydrogen-bond acceptors (Lipinski definition) is 6. The second kappa shape index (κ2) is 7.31. The van der Waals surface area contributed by atoms with Crippen molar-refractivity contribution in [2.24, 2.45) is 0 Å². The summed E-state index contributed by atoms with van der Waals surface area (Å²) in [5.41, 5.74) is 1.71. The highest BCUT2D eigenvalue weighted by molar-refractivity contribution is 7.89. The first-order chi connectivity index (χ1) is 12.9. The van der Waals surface area contributed by atoms with Gasteiger partial charge >= 0.3 is 0 Å². The van der Waals surface area contributed by atoms with Crippen molar-refractivity contribution in [1.82, 2.24) is 14.8 Å². The molecule has 2 aromatic rings. The van der Waals surface area contributed by atoms with Crippen LogP contribution in [0.3, 0.4) is 0 Å². The zero-order valence-electron chi connectivity index (χ0n) is 14.8. The molecule has 2 aliphatic rings. The lowest BCUT2D eigenvalue weighted by molar-refractivity contribution is 0.173. The Morgan fingerprint density at radius 1 is 1.33 bits per heavy atom. The smallest absolute Gasteiger partial charge is 0.243 e. The number of fused-ring (bicyclic) bond motifs is 1. The molecule has 27 heavy (non-hydrogen) atoms. The van der Waals surface area contributed by atoms with Crippen molar-refractivity contribution in [3.63, 3.8) is 0 Å². The van der Waals surface area contributed by atoms with Gasteiger partial charge in [-0.25, -0.2) is 17.5 Å². The van der Waals surface area contributed by atoms with Crippen molar-refractivity contribution in [3.8, 4) is 0 Å². The van der Waals surface area contributed by atoms with Crippen molar-refractivity contribution in [3.05, 3.63) is 47.1 Å². The zero-order chi connectivity index (χ0) is 19.0. The van der Waals surface area contributed by atoms with Crippen molar-refractivity contribution in [1.29, 1.82) is 0 Å². The molecule has 1 fully saturated rings. The van der Waals surface area contributed by atoms with Gasteiger partial charge in [-0.2, -0.15) is 0 Å². The van der Waals surface area contributed by atoms with E-state index in [1.165, 1.54) is 18.2 Å². The number of nitrogens with one attached hydrogen (secondary N) is 1. The van der Waals surface area contributed by atoms with Gasteiger partial charge in [0.2, 0.25) is 10.0 Å². The van der Waals surface area contributed by atoms with E-state index >= 15 is 0 Å². The third kappa shape index (κ3) is 3.91. The summed E-state index contributed by atoms with van der Waals surface area (Å²) in [6.45, 7) is 1.97. The molecule has 1 aliphatic heterocycles. The number of aryl methyl sites for hydroxylation is 1. The van der Waals surface area contributed by atoms with Gasteiger partial charge in [-0.15, -0.1) is 0 Å². The summed E-state index contributed by atoms with van der Waals surface area (Å²) in [4.78, 5) is 1.77. The van der Waals surface area contributed by atoms with Crippen molar-refractivity contribution >= 4 is 10.0 Å². The Labute approximate surface area is 157 Å². The number of aliphatic hydroxyl groups excluding tert-OH is 1. The second-order valence-corrected chi connectivity index (χ2v) is 8.88. The van der Waals surface area contributed by atoms with Gasteiger partial charge in [-0.1, -0.05) is 17.3 Å². The number of nitrogens with zero attached hydrogens (tertiary/aromatic N) is 2. The van der Waals surface area contributed by atoms with Gasteiger partial charge < -0.3 is 9.63 Å². The standard InChI is InChI=1S/C18H22FN3O4S/c19-15-3-1-2-4-18(15)27(24,25)21-12-5-6-17-14(9-12)16(20-26-17)11-22-8-7-13(23)10-22/h1-4,12-13,21,23H,5-11H2/t12?,13-/m1/s1. The van der Waals surface area contributed by atoms with E-state index in [-0.39, 0.29) is 17.0 Å². The Balaban J connectivity index is 1.48. The first kappa shape index (κ1) is 18.5. The maximum atomic E-state index is 13.9. The summed E-state index contributed by atoms with van der Waals surface area (Å²) in [6.07, 6.45) is 2.03. The third-order valence-electron chi connectivity index (χ3n) is 5.19. The highest BCUT2D eigenvalue weighted by atomic mass is 32.2. The van der Waals surface area contributed by atoms with Crippen LogP contribution in [0.15, 0.2) is 33.7 Å². The summed E-state index contributed by atoms with van der Waals surface area (Å²) in [7, 11) is -3.94. The topological polar surface area (TPSA) is 95.7 Å². The third-order valence-corrected chi connectivity index (χ3v) is 6.74. The SMILES string of the molecule is O=S(=O)(NC1CCc2onc(CN3CC[C@@H](O)C3)c2C1)c1ccccc1F. The van der Waals surface area contributed by atoms with Crippen molar-refractivity contribution < 1.29 is 22.4 Å². The van der Waals surface area contributed by atoms with E-state index in [2.05, 4.69) is 14.8 Å². The van der Waals surface area contributed by atoms with E-state index in [1.807, 2.05) is 0 Å². The summed E-state index contributed by atoms with van der Waals surface area (Å²) in [5, 5.41) is 13.8. The molecule has 7 nitrogen and oxygen atoms in total. The van der Waals surface area contributed by atoms with Gasteiger partial charge in [0.25, 0.3) is 0 Å². The number of benzene rings is 1. The van der Waals surface area contributed by atoms with Crippen LogP contribution in [0.5, 0.6) is 0 Å². The highest BCUT2D eigenvalue weighted by Gasteiger charge is 2.31.